The van der Waals surface area contributed by atoms with E-state index in [1.807, 2.05) is 54.6 Å². The van der Waals surface area contributed by atoms with Crippen LogP contribution in [0.15, 0.2) is 79.4 Å². The second-order valence-electron chi connectivity index (χ2n) is 7.23. The van der Waals surface area contributed by atoms with Crippen molar-refractivity contribution in [2.75, 3.05) is 0 Å². The lowest BCUT2D eigenvalue weighted by molar-refractivity contribution is 0.0951. The maximum atomic E-state index is 12.6. The van der Waals surface area contributed by atoms with Crippen molar-refractivity contribution in [2.45, 2.75) is 13.1 Å². The van der Waals surface area contributed by atoms with E-state index in [-0.39, 0.29) is 11.7 Å². The molecule has 1 N–H and O–H groups in total. The molecule has 6 heteroatoms. The van der Waals surface area contributed by atoms with Crippen molar-refractivity contribution in [2.24, 2.45) is 0 Å². The van der Waals surface area contributed by atoms with E-state index in [9.17, 15) is 9.59 Å². The number of nitrogens with one attached hydrogen (secondary N) is 1. The van der Waals surface area contributed by atoms with Crippen molar-refractivity contribution in [1.82, 2.24) is 20.1 Å². The second kappa shape index (κ2) is 7.40. The van der Waals surface area contributed by atoms with Gasteiger partial charge in [0.05, 0.1) is 6.54 Å². The van der Waals surface area contributed by atoms with E-state index >= 15 is 0 Å². The van der Waals surface area contributed by atoms with Gasteiger partial charge in [-0.25, -0.2) is 9.67 Å². The molecule has 146 valence electrons. The van der Waals surface area contributed by atoms with E-state index in [0.717, 1.165) is 22.3 Å². The second-order valence-corrected chi connectivity index (χ2v) is 7.23. The molecule has 1 aliphatic rings. The van der Waals surface area contributed by atoms with Gasteiger partial charge in [0.25, 0.3) is 5.91 Å². The molecule has 0 saturated carbocycles. The van der Waals surface area contributed by atoms with Crippen LogP contribution >= 0.6 is 0 Å². The Morgan fingerprint density at radius 1 is 0.867 bits per heavy atom. The van der Waals surface area contributed by atoms with Crippen LogP contribution in [0.2, 0.25) is 0 Å². The molecule has 0 spiro atoms. The van der Waals surface area contributed by atoms with Crippen LogP contribution in [0.1, 0.15) is 37.4 Å². The van der Waals surface area contributed by atoms with E-state index in [0.29, 0.717) is 29.8 Å². The number of nitrogens with zero attached hydrogens (tertiary/aromatic N) is 3. The molecule has 0 aliphatic heterocycles. The number of amides is 1. The number of carbonyl (C=O) groups excluding carboxylic acids is 2. The smallest absolute Gasteiger partial charge is 0.251 e. The summed E-state index contributed by atoms with van der Waals surface area (Å²) in [7, 11) is 0. The molecular formula is C24H18N4O2. The number of aromatic nitrogens is 3. The van der Waals surface area contributed by atoms with Crippen LogP contribution in [0.25, 0.3) is 11.1 Å². The lowest BCUT2D eigenvalue weighted by Gasteiger charge is -2.08. The van der Waals surface area contributed by atoms with Gasteiger partial charge in [-0.05, 0) is 34.4 Å². The third-order valence-electron chi connectivity index (χ3n) is 5.28. The summed E-state index contributed by atoms with van der Waals surface area (Å²) in [6, 6.07) is 20.8. The van der Waals surface area contributed by atoms with Crippen molar-refractivity contribution >= 4 is 11.7 Å². The van der Waals surface area contributed by atoms with E-state index in [1.54, 1.807) is 23.1 Å². The van der Waals surface area contributed by atoms with Gasteiger partial charge in [-0.2, -0.15) is 5.10 Å². The summed E-state index contributed by atoms with van der Waals surface area (Å²) >= 11 is 0. The van der Waals surface area contributed by atoms with E-state index in [4.69, 9.17) is 0 Å². The molecule has 1 amide bonds. The van der Waals surface area contributed by atoms with E-state index < -0.39 is 0 Å². The Bertz CT molecular complexity index is 1240. The predicted octanol–water partition coefficient (Wildman–Crippen LogP) is 3.47. The topological polar surface area (TPSA) is 76.9 Å². The van der Waals surface area contributed by atoms with Gasteiger partial charge in [0.15, 0.2) is 5.78 Å². The van der Waals surface area contributed by atoms with Crippen LogP contribution in [0.3, 0.4) is 0 Å². The van der Waals surface area contributed by atoms with Gasteiger partial charge < -0.3 is 5.32 Å². The van der Waals surface area contributed by atoms with Crippen molar-refractivity contribution in [3.8, 4) is 11.1 Å². The third kappa shape index (κ3) is 3.28. The fourth-order valence-electron chi connectivity index (χ4n) is 3.72. The molecular weight excluding hydrogens is 376 g/mol. The highest BCUT2D eigenvalue weighted by Gasteiger charge is 2.26. The van der Waals surface area contributed by atoms with Crippen LogP contribution in [0.4, 0.5) is 0 Å². The van der Waals surface area contributed by atoms with Crippen molar-refractivity contribution in [3.05, 3.63) is 107 Å². The average molecular weight is 394 g/mol. The highest BCUT2D eigenvalue weighted by molar-refractivity contribution is 6.22. The van der Waals surface area contributed by atoms with Crippen LogP contribution in [0, 0.1) is 0 Å². The molecule has 5 rings (SSSR count). The fourth-order valence-corrected chi connectivity index (χ4v) is 3.72. The monoisotopic (exact) mass is 394 g/mol. The SMILES string of the molecule is O=C(NCc1ccc(Cn2cncn2)cc1)c1ccc2c(c1)C(=O)c1ccccc1-2. The molecule has 1 aliphatic carbocycles. The quantitative estimate of drug-likeness (QED) is 0.495. The summed E-state index contributed by atoms with van der Waals surface area (Å²) in [6.07, 6.45) is 3.18. The molecule has 0 radical (unpaired) electrons. The zero-order valence-corrected chi connectivity index (χ0v) is 16.1. The molecule has 30 heavy (non-hydrogen) atoms. The third-order valence-corrected chi connectivity index (χ3v) is 5.28. The highest BCUT2D eigenvalue weighted by atomic mass is 16.1. The number of hydrogen-bond acceptors (Lipinski definition) is 4. The Labute approximate surface area is 173 Å². The zero-order chi connectivity index (χ0) is 20.5. The number of hydrogen-bond donors (Lipinski definition) is 1. The van der Waals surface area contributed by atoms with Crippen LogP contribution in [-0.4, -0.2) is 26.5 Å². The number of carbonyl (C=O) groups is 2. The van der Waals surface area contributed by atoms with Gasteiger partial charge in [-0.3, -0.25) is 9.59 Å². The fraction of sp³-hybridized carbons (Fsp3) is 0.0833. The summed E-state index contributed by atoms with van der Waals surface area (Å²) < 4.78 is 1.75. The van der Waals surface area contributed by atoms with Gasteiger partial charge >= 0.3 is 0 Å². The molecule has 0 bridgehead atoms. The molecule has 0 fully saturated rings. The van der Waals surface area contributed by atoms with Crippen molar-refractivity contribution in [3.63, 3.8) is 0 Å². The van der Waals surface area contributed by atoms with Gasteiger partial charge in [0.2, 0.25) is 0 Å². The lowest BCUT2D eigenvalue weighted by atomic mass is 10.0. The van der Waals surface area contributed by atoms with Crippen LogP contribution in [0.5, 0.6) is 0 Å². The average Bonchev–Trinajstić information content (AvgIpc) is 3.40. The minimum absolute atomic E-state index is 0.0294. The summed E-state index contributed by atoms with van der Waals surface area (Å²) in [5.74, 6) is -0.230. The number of ketones is 1. The van der Waals surface area contributed by atoms with Crippen LogP contribution < -0.4 is 5.32 Å². The van der Waals surface area contributed by atoms with Gasteiger partial charge in [0.1, 0.15) is 12.7 Å². The molecule has 0 unspecified atom stereocenters. The van der Waals surface area contributed by atoms with Gasteiger partial charge in [-0.15, -0.1) is 0 Å². The largest absolute Gasteiger partial charge is 0.348 e. The van der Waals surface area contributed by atoms with Crippen molar-refractivity contribution < 1.29 is 9.59 Å². The summed E-state index contributed by atoms with van der Waals surface area (Å²) in [4.78, 5) is 29.2. The Morgan fingerprint density at radius 2 is 1.60 bits per heavy atom. The molecule has 3 aromatic carbocycles. The summed E-state index contributed by atoms with van der Waals surface area (Å²) in [5.41, 5.74) is 5.67. The Hall–Kier alpha value is -4.06. The first-order chi connectivity index (χ1) is 14.7. The molecule has 6 nitrogen and oxygen atoms in total. The number of rotatable bonds is 5. The zero-order valence-electron chi connectivity index (χ0n) is 16.1. The maximum absolute atomic E-state index is 12.6. The number of fused-ring (bicyclic) bond motifs is 3. The first kappa shape index (κ1) is 18.0. The molecule has 1 aromatic heterocycles. The Balaban J connectivity index is 1.26. The minimum Gasteiger partial charge on any atom is -0.348 e. The number of benzene rings is 3. The van der Waals surface area contributed by atoms with Crippen molar-refractivity contribution in [1.29, 1.82) is 0 Å². The van der Waals surface area contributed by atoms with E-state index in [2.05, 4.69) is 15.4 Å². The molecule has 1 heterocycles. The first-order valence-corrected chi connectivity index (χ1v) is 9.65. The molecule has 0 atom stereocenters. The highest BCUT2D eigenvalue weighted by Crippen LogP contribution is 2.36. The predicted molar refractivity (Wildman–Crippen MR) is 112 cm³/mol. The molecule has 4 aromatic rings. The normalized spacial score (nSPS) is 11.8. The van der Waals surface area contributed by atoms with Gasteiger partial charge in [-0.1, -0.05) is 54.6 Å². The Kier molecular flexibility index (Phi) is 4.44. The molecule has 0 saturated heterocycles. The first-order valence-electron chi connectivity index (χ1n) is 9.65. The Morgan fingerprint density at radius 3 is 2.37 bits per heavy atom. The van der Waals surface area contributed by atoms with Gasteiger partial charge in [0, 0.05) is 23.2 Å². The standard InChI is InChI=1S/C24H18N4O2/c29-23-21-4-2-1-3-19(21)20-10-9-18(11-22(20)23)24(30)26-12-16-5-7-17(8-6-16)13-28-15-25-14-27-28/h1-11,14-15H,12-13H2,(H,26,30). The summed E-state index contributed by atoms with van der Waals surface area (Å²) in [6.45, 7) is 1.06. The van der Waals surface area contributed by atoms with Crippen LogP contribution in [-0.2, 0) is 13.1 Å². The minimum atomic E-state index is -0.201. The van der Waals surface area contributed by atoms with E-state index in [1.165, 1.54) is 6.33 Å². The maximum Gasteiger partial charge on any atom is 0.251 e. The lowest BCUT2D eigenvalue weighted by Crippen LogP contribution is -2.23. The summed E-state index contributed by atoms with van der Waals surface area (Å²) in [5, 5.41) is 7.02.